The molecule has 1 saturated heterocycles. The van der Waals surface area contributed by atoms with Gasteiger partial charge in [-0.15, -0.1) is 0 Å². The minimum atomic E-state index is -0.643. The molecule has 0 aliphatic carbocycles. The molecule has 1 aliphatic rings. The Morgan fingerprint density at radius 2 is 1.85 bits per heavy atom. The lowest BCUT2D eigenvalue weighted by Crippen LogP contribution is -2.30. The van der Waals surface area contributed by atoms with Crippen LogP contribution in [-0.2, 0) is 16.0 Å². The average Bonchev–Trinajstić information content (AvgIpc) is 3.12. The van der Waals surface area contributed by atoms with Crippen molar-refractivity contribution in [1.82, 2.24) is 0 Å². The Morgan fingerprint density at radius 3 is 2.50 bits per heavy atom. The highest BCUT2D eigenvalue weighted by atomic mass is 79.9. The molecule has 2 amide bonds. The molecule has 1 unspecified atom stereocenters. The predicted octanol–water partition coefficient (Wildman–Crippen LogP) is 6.31. The lowest BCUT2D eigenvalue weighted by atomic mass is 10.1. The molecule has 1 N–H and O–H groups in total. The van der Waals surface area contributed by atoms with Crippen LogP contribution < -0.4 is 10.2 Å². The minimum Gasteiger partial charge on any atom is -0.321 e. The normalized spacial score (nSPS) is 16.8. The molecule has 1 atom stereocenters. The van der Waals surface area contributed by atoms with E-state index in [0.717, 1.165) is 21.8 Å². The fourth-order valence-electron chi connectivity index (χ4n) is 3.42. The van der Waals surface area contributed by atoms with Gasteiger partial charge in [0.2, 0.25) is 5.91 Å². The van der Waals surface area contributed by atoms with Gasteiger partial charge in [-0.2, -0.15) is 5.26 Å². The SMILES string of the molecule is N#C/C(C(=O)Nc1ccc(Br)cc1)=C1/SC(Cc2cccc(Cl)c2)C(=O)N1c1ccc(F)cc1. The molecule has 34 heavy (non-hydrogen) atoms. The fourth-order valence-corrected chi connectivity index (χ4v) is 5.20. The van der Waals surface area contributed by atoms with Gasteiger partial charge in [0.15, 0.2) is 0 Å². The van der Waals surface area contributed by atoms with Gasteiger partial charge in [0.25, 0.3) is 5.91 Å². The van der Waals surface area contributed by atoms with Gasteiger partial charge in [0, 0.05) is 20.9 Å². The summed E-state index contributed by atoms with van der Waals surface area (Å²) in [6.45, 7) is 0. The Bertz CT molecular complexity index is 1320. The van der Waals surface area contributed by atoms with Gasteiger partial charge in [0.05, 0.1) is 5.25 Å². The Hall–Kier alpha value is -3.12. The number of carbonyl (C=O) groups excluding carboxylic acids is 2. The van der Waals surface area contributed by atoms with E-state index < -0.39 is 17.0 Å². The Morgan fingerprint density at radius 1 is 1.15 bits per heavy atom. The fraction of sp³-hybridized carbons (Fsp3) is 0.0800. The van der Waals surface area contributed by atoms with Crippen molar-refractivity contribution in [1.29, 1.82) is 5.26 Å². The third-order valence-electron chi connectivity index (χ3n) is 5.00. The van der Waals surface area contributed by atoms with Gasteiger partial charge in [-0.1, -0.05) is 51.4 Å². The van der Waals surface area contributed by atoms with Crippen molar-refractivity contribution < 1.29 is 14.0 Å². The second kappa shape index (κ2) is 10.4. The van der Waals surface area contributed by atoms with Crippen molar-refractivity contribution >= 4 is 62.5 Å². The topological polar surface area (TPSA) is 73.2 Å². The Labute approximate surface area is 213 Å². The molecule has 3 aromatic carbocycles. The van der Waals surface area contributed by atoms with Crippen LogP contribution >= 0.6 is 39.3 Å². The highest BCUT2D eigenvalue weighted by Gasteiger charge is 2.40. The van der Waals surface area contributed by atoms with E-state index >= 15 is 0 Å². The maximum atomic E-state index is 13.5. The molecule has 3 aromatic rings. The third-order valence-corrected chi connectivity index (χ3v) is 7.03. The molecular weight excluding hydrogens is 541 g/mol. The summed E-state index contributed by atoms with van der Waals surface area (Å²) in [4.78, 5) is 27.8. The summed E-state index contributed by atoms with van der Waals surface area (Å²) in [6, 6.07) is 21.3. The first kappa shape index (κ1) is 24.0. The average molecular weight is 557 g/mol. The number of halogens is 3. The number of nitriles is 1. The largest absolute Gasteiger partial charge is 0.321 e. The van der Waals surface area contributed by atoms with E-state index in [1.165, 1.54) is 29.2 Å². The van der Waals surface area contributed by atoms with Gasteiger partial charge in [-0.25, -0.2) is 4.39 Å². The molecule has 1 heterocycles. The van der Waals surface area contributed by atoms with Crippen LogP contribution in [0.15, 0.2) is 87.9 Å². The van der Waals surface area contributed by atoms with Crippen molar-refractivity contribution in [3.05, 3.63) is 104 Å². The van der Waals surface area contributed by atoms with Crippen molar-refractivity contribution in [3.8, 4) is 6.07 Å². The zero-order valence-electron chi connectivity index (χ0n) is 17.5. The number of thioether (sulfide) groups is 1. The number of benzene rings is 3. The molecule has 4 rings (SSSR count). The number of nitrogens with one attached hydrogen (secondary N) is 1. The van der Waals surface area contributed by atoms with Crippen molar-refractivity contribution in [3.63, 3.8) is 0 Å². The van der Waals surface area contributed by atoms with Crippen LogP contribution in [-0.4, -0.2) is 17.1 Å². The Balaban J connectivity index is 1.72. The van der Waals surface area contributed by atoms with E-state index in [4.69, 9.17) is 11.6 Å². The molecule has 0 bridgehead atoms. The van der Waals surface area contributed by atoms with Crippen LogP contribution in [0.25, 0.3) is 0 Å². The lowest BCUT2D eigenvalue weighted by Gasteiger charge is -2.18. The third kappa shape index (κ3) is 5.33. The van der Waals surface area contributed by atoms with Crippen molar-refractivity contribution in [2.45, 2.75) is 11.7 Å². The maximum absolute atomic E-state index is 13.5. The molecular formula is C25H16BrClFN3O2S. The molecule has 0 spiro atoms. The van der Waals surface area contributed by atoms with E-state index in [1.54, 1.807) is 42.5 Å². The highest BCUT2D eigenvalue weighted by Crippen LogP contribution is 2.42. The van der Waals surface area contributed by atoms with Crippen LogP contribution in [0.4, 0.5) is 15.8 Å². The smallest absolute Gasteiger partial charge is 0.269 e. The molecule has 9 heteroatoms. The van der Waals surface area contributed by atoms with Gasteiger partial charge >= 0.3 is 0 Å². The zero-order valence-corrected chi connectivity index (χ0v) is 20.6. The van der Waals surface area contributed by atoms with E-state index in [2.05, 4.69) is 21.2 Å². The molecule has 0 radical (unpaired) electrons. The standard InChI is InChI=1S/C25H16BrClFN3O2S/c26-16-4-8-19(9-5-16)30-23(32)21(14-29)25-31(20-10-6-18(28)7-11-20)24(33)22(34-25)13-15-2-1-3-17(27)12-15/h1-12,22H,13H2,(H,30,32)/b25-21-. The number of anilines is 2. The quantitative estimate of drug-likeness (QED) is 0.295. The van der Waals surface area contributed by atoms with Crippen molar-refractivity contribution in [2.75, 3.05) is 10.2 Å². The number of nitrogens with zero attached hydrogens (tertiary/aromatic N) is 2. The van der Waals surface area contributed by atoms with E-state index in [1.807, 2.05) is 12.1 Å². The van der Waals surface area contributed by atoms with Gasteiger partial charge in [0.1, 0.15) is 22.5 Å². The minimum absolute atomic E-state index is 0.195. The van der Waals surface area contributed by atoms with Gasteiger partial charge in [-0.05, 0) is 72.6 Å². The molecule has 170 valence electrons. The van der Waals surface area contributed by atoms with Crippen LogP contribution in [0.2, 0.25) is 5.02 Å². The zero-order chi connectivity index (χ0) is 24.2. The van der Waals surface area contributed by atoms with E-state index in [9.17, 15) is 19.2 Å². The predicted molar refractivity (Wildman–Crippen MR) is 136 cm³/mol. The maximum Gasteiger partial charge on any atom is 0.269 e. The van der Waals surface area contributed by atoms with Crippen LogP contribution in [0.5, 0.6) is 0 Å². The number of rotatable bonds is 5. The summed E-state index contributed by atoms with van der Waals surface area (Å²) in [6.07, 6.45) is 0.346. The summed E-state index contributed by atoms with van der Waals surface area (Å²) in [5, 5.41) is 12.7. The van der Waals surface area contributed by atoms with Crippen molar-refractivity contribution in [2.24, 2.45) is 0 Å². The second-order valence-corrected chi connectivity index (χ2v) is 9.89. The molecule has 0 aromatic heterocycles. The lowest BCUT2D eigenvalue weighted by molar-refractivity contribution is -0.117. The monoisotopic (exact) mass is 555 g/mol. The molecule has 1 fully saturated rings. The van der Waals surface area contributed by atoms with Gasteiger partial charge < -0.3 is 5.32 Å². The summed E-state index contributed by atoms with van der Waals surface area (Å²) in [5.74, 6) is -1.41. The first-order chi connectivity index (χ1) is 16.4. The highest BCUT2D eigenvalue weighted by molar-refractivity contribution is 9.10. The van der Waals surface area contributed by atoms with Crippen LogP contribution in [0.3, 0.4) is 0 Å². The number of hydrogen-bond acceptors (Lipinski definition) is 4. The van der Waals surface area contributed by atoms with Crippen LogP contribution in [0, 0.1) is 17.1 Å². The number of amides is 2. The van der Waals surface area contributed by atoms with Gasteiger partial charge in [-0.3, -0.25) is 14.5 Å². The first-order valence-electron chi connectivity index (χ1n) is 10.1. The summed E-state index contributed by atoms with van der Waals surface area (Å²) in [5.41, 5.74) is 1.50. The van der Waals surface area contributed by atoms with E-state index in [0.29, 0.717) is 22.8 Å². The second-order valence-electron chi connectivity index (χ2n) is 7.34. The summed E-state index contributed by atoms with van der Waals surface area (Å²) in [7, 11) is 0. The Kier molecular flexibility index (Phi) is 7.37. The number of carbonyl (C=O) groups is 2. The molecule has 1 aliphatic heterocycles. The number of hydrogen-bond donors (Lipinski definition) is 1. The first-order valence-corrected chi connectivity index (χ1v) is 12.1. The van der Waals surface area contributed by atoms with Crippen LogP contribution in [0.1, 0.15) is 5.56 Å². The van der Waals surface area contributed by atoms with E-state index in [-0.39, 0.29) is 16.5 Å². The molecule has 0 saturated carbocycles. The molecule has 5 nitrogen and oxygen atoms in total. The summed E-state index contributed by atoms with van der Waals surface area (Å²) >= 11 is 10.6. The summed E-state index contributed by atoms with van der Waals surface area (Å²) < 4.78 is 14.4.